The molecule has 2 aromatic rings. The van der Waals surface area contributed by atoms with E-state index in [1.807, 2.05) is 13.9 Å². The molecule has 0 saturated heterocycles. The van der Waals surface area contributed by atoms with Gasteiger partial charge < -0.3 is 0 Å². The van der Waals surface area contributed by atoms with Gasteiger partial charge in [-0.1, -0.05) is 11.5 Å². The molecule has 0 fully saturated rings. The number of carbonyl (C=O) groups is 1. The van der Waals surface area contributed by atoms with E-state index in [0.717, 1.165) is 34.5 Å². The second-order valence-corrected chi connectivity index (χ2v) is 3.08. The lowest BCUT2D eigenvalue weighted by Gasteiger charge is -1.94. The molecule has 0 aliphatic rings. The van der Waals surface area contributed by atoms with Crippen LogP contribution in [0, 0.1) is 0 Å². The number of aldehydes is 1. The summed E-state index contributed by atoms with van der Waals surface area (Å²) >= 11 is 1.14. The highest BCUT2D eigenvalue weighted by molar-refractivity contribution is 7.00. The Morgan fingerprint density at radius 1 is 1.33 bits per heavy atom. The van der Waals surface area contributed by atoms with Gasteiger partial charge in [0.05, 0.1) is 17.2 Å². The van der Waals surface area contributed by atoms with Crippen molar-refractivity contribution >= 4 is 42.4 Å². The average molecular weight is 176 g/mol. The standard InChI is InChI=1S/C7H5BN2OS/c8-5-2-1-4(3-11)6-7(5)10-12-9-6/h1-3H,8H2. The molecule has 0 aliphatic carbocycles. The molecule has 0 saturated carbocycles. The van der Waals surface area contributed by atoms with E-state index in [9.17, 15) is 4.79 Å². The average Bonchev–Trinajstić information content (AvgIpc) is 2.54. The quantitative estimate of drug-likeness (QED) is 0.445. The summed E-state index contributed by atoms with van der Waals surface area (Å²) in [5, 5.41) is 0. The van der Waals surface area contributed by atoms with Crippen molar-refractivity contribution in [3.8, 4) is 0 Å². The van der Waals surface area contributed by atoms with E-state index in [2.05, 4.69) is 8.75 Å². The first kappa shape index (κ1) is 7.43. The zero-order valence-electron chi connectivity index (χ0n) is 6.44. The zero-order chi connectivity index (χ0) is 8.55. The lowest BCUT2D eigenvalue weighted by Crippen LogP contribution is -2.04. The molecule has 1 aromatic carbocycles. The Balaban J connectivity index is 2.91. The van der Waals surface area contributed by atoms with E-state index in [1.54, 1.807) is 6.07 Å². The van der Waals surface area contributed by atoms with Gasteiger partial charge in [0, 0.05) is 5.56 Å². The van der Waals surface area contributed by atoms with E-state index >= 15 is 0 Å². The third-order valence-corrected chi connectivity index (χ3v) is 2.30. The smallest absolute Gasteiger partial charge is 0.152 e. The van der Waals surface area contributed by atoms with Crippen molar-refractivity contribution < 1.29 is 4.79 Å². The highest BCUT2D eigenvalue weighted by atomic mass is 32.1. The van der Waals surface area contributed by atoms with Gasteiger partial charge in [0.25, 0.3) is 0 Å². The number of rotatable bonds is 1. The zero-order valence-corrected chi connectivity index (χ0v) is 7.26. The van der Waals surface area contributed by atoms with Gasteiger partial charge in [-0.2, -0.15) is 8.75 Å². The molecule has 3 nitrogen and oxygen atoms in total. The number of aromatic nitrogens is 2. The van der Waals surface area contributed by atoms with Gasteiger partial charge in [-0.05, 0) is 6.07 Å². The van der Waals surface area contributed by atoms with Crippen molar-refractivity contribution in [2.75, 3.05) is 0 Å². The van der Waals surface area contributed by atoms with Crippen LogP contribution in [0.15, 0.2) is 12.1 Å². The van der Waals surface area contributed by atoms with Crippen molar-refractivity contribution in [3.63, 3.8) is 0 Å². The molecule has 0 N–H and O–H groups in total. The summed E-state index contributed by atoms with van der Waals surface area (Å²) in [6.45, 7) is 0. The summed E-state index contributed by atoms with van der Waals surface area (Å²) < 4.78 is 8.15. The fourth-order valence-corrected chi connectivity index (χ4v) is 1.73. The molecule has 0 spiro atoms. The first-order chi connectivity index (χ1) is 5.83. The molecule has 1 aromatic heterocycles. The predicted octanol–water partition coefficient (Wildman–Crippen LogP) is -0.238. The SMILES string of the molecule is Bc1ccc(C=O)c2nsnc12. The normalized spacial score (nSPS) is 10.3. The molecule has 0 atom stereocenters. The highest BCUT2D eigenvalue weighted by Gasteiger charge is 2.05. The topological polar surface area (TPSA) is 42.9 Å². The summed E-state index contributed by atoms with van der Waals surface area (Å²) in [5.41, 5.74) is 3.23. The van der Waals surface area contributed by atoms with Gasteiger partial charge >= 0.3 is 0 Å². The number of fused-ring (bicyclic) bond motifs is 1. The second kappa shape index (κ2) is 2.67. The van der Waals surface area contributed by atoms with Crippen LogP contribution in [0.2, 0.25) is 0 Å². The Hall–Kier alpha value is -1.23. The Morgan fingerprint density at radius 2 is 2.08 bits per heavy atom. The molecule has 1 heterocycles. The van der Waals surface area contributed by atoms with E-state index in [4.69, 9.17) is 0 Å². The van der Waals surface area contributed by atoms with Crippen molar-refractivity contribution in [2.45, 2.75) is 0 Å². The molecule has 0 radical (unpaired) electrons. The molecule has 2 rings (SSSR count). The van der Waals surface area contributed by atoms with Gasteiger partial charge in [-0.25, -0.2) is 0 Å². The maximum atomic E-state index is 10.6. The van der Waals surface area contributed by atoms with E-state index in [-0.39, 0.29) is 0 Å². The highest BCUT2D eigenvalue weighted by Crippen LogP contribution is 2.11. The van der Waals surface area contributed by atoms with E-state index < -0.39 is 0 Å². The Morgan fingerprint density at radius 3 is 2.83 bits per heavy atom. The molecule has 12 heavy (non-hydrogen) atoms. The Labute approximate surface area is 74.2 Å². The molecule has 5 heteroatoms. The molecule has 58 valence electrons. The Bertz CT molecular complexity index is 440. The Kier molecular flexibility index (Phi) is 1.66. The fraction of sp³-hybridized carbons (Fsp3) is 0. The minimum Gasteiger partial charge on any atom is -0.298 e. The van der Waals surface area contributed by atoms with Gasteiger partial charge in [0.2, 0.25) is 0 Å². The van der Waals surface area contributed by atoms with Gasteiger partial charge in [0.15, 0.2) is 6.29 Å². The lowest BCUT2D eigenvalue weighted by molar-refractivity contribution is 0.112. The maximum Gasteiger partial charge on any atom is 0.152 e. The number of hydrogen-bond acceptors (Lipinski definition) is 4. The first-order valence-corrected chi connectivity index (χ1v) is 4.23. The van der Waals surface area contributed by atoms with Crippen molar-refractivity contribution in [1.82, 2.24) is 8.75 Å². The molecule has 0 aliphatic heterocycles. The third-order valence-electron chi connectivity index (χ3n) is 1.78. The minimum absolute atomic E-state index is 0.615. The van der Waals surface area contributed by atoms with E-state index in [1.165, 1.54) is 0 Å². The fourth-order valence-electron chi connectivity index (χ4n) is 1.10. The van der Waals surface area contributed by atoms with E-state index in [0.29, 0.717) is 5.56 Å². The largest absolute Gasteiger partial charge is 0.298 e. The van der Waals surface area contributed by atoms with Crippen LogP contribution < -0.4 is 5.46 Å². The van der Waals surface area contributed by atoms with Crippen molar-refractivity contribution in [3.05, 3.63) is 17.7 Å². The second-order valence-electron chi connectivity index (χ2n) is 2.55. The number of benzene rings is 1. The van der Waals surface area contributed by atoms with Gasteiger partial charge in [-0.15, -0.1) is 0 Å². The van der Waals surface area contributed by atoms with Crippen LogP contribution in [-0.4, -0.2) is 22.9 Å². The summed E-state index contributed by atoms with van der Waals surface area (Å²) in [6, 6.07) is 3.65. The predicted molar refractivity (Wildman–Crippen MR) is 51.0 cm³/mol. The maximum absolute atomic E-state index is 10.6. The molecular formula is C7H5BN2OS. The summed E-state index contributed by atoms with van der Waals surface area (Å²) in [4.78, 5) is 10.6. The summed E-state index contributed by atoms with van der Waals surface area (Å²) in [7, 11) is 1.96. The number of nitrogens with zero attached hydrogens (tertiary/aromatic N) is 2. The molecule has 0 amide bonds. The number of hydrogen-bond donors (Lipinski definition) is 0. The molecule has 0 bridgehead atoms. The van der Waals surface area contributed by atoms with Crippen LogP contribution in [0.3, 0.4) is 0 Å². The summed E-state index contributed by atoms with van der Waals surface area (Å²) in [6.07, 6.45) is 0.809. The van der Waals surface area contributed by atoms with Crippen LogP contribution in [0.4, 0.5) is 0 Å². The lowest BCUT2D eigenvalue weighted by atomic mass is 9.93. The summed E-state index contributed by atoms with van der Waals surface area (Å²) in [5.74, 6) is 0. The van der Waals surface area contributed by atoms with Crippen molar-refractivity contribution in [1.29, 1.82) is 0 Å². The number of carbonyl (C=O) groups excluding carboxylic acids is 1. The molecular weight excluding hydrogens is 171 g/mol. The van der Waals surface area contributed by atoms with Gasteiger partial charge in [0.1, 0.15) is 13.4 Å². The first-order valence-electron chi connectivity index (χ1n) is 3.50. The molecule has 0 unspecified atom stereocenters. The van der Waals surface area contributed by atoms with Crippen LogP contribution in [0.1, 0.15) is 10.4 Å². The van der Waals surface area contributed by atoms with Crippen molar-refractivity contribution in [2.24, 2.45) is 0 Å². The van der Waals surface area contributed by atoms with Crippen LogP contribution >= 0.6 is 11.7 Å². The van der Waals surface area contributed by atoms with Crippen LogP contribution in [-0.2, 0) is 0 Å². The van der Waals surface area contributed by atoms with Gasteiger partial charge in [-0.3, -0.25) is 4.79 Å². The monoisotopic (exact) mass is 176 g/mol. The van der Waals surface area contributed by atoms with Crippen LogP contribution in [0.25, 0.3) is 11.0 Å². The van der Waals surface area contributed by atoms with Crippen LogP contribution in [0.5, 0.6) is 0 Å². The minimum atomic E-state index is 0.615. The third kappa shape index (κ3) is 0.938.